The van der Waals surface area contributed by atoms with Crippen molar-refractivity contribution in [1.29, 1.82) is 0 Å². The summed E-state index contributed by atoms with van der Waals surface area (Å²) in [4.78, 5) is 32.0. The zero-order chi connectivity index (χ0) is 17.6. The van der Waals surface area contributed by atoms with Gasteiger partial charge in [0.2, 0.25) is 11.8 Å². The quantitative estimate of drug-likeness (QED) is 0.810. The number of carbonyl (C=O) groups is 2. The number of primary amides is 1. The number of piperidine rings is 1. The van der Waals surface area contributed by atoms with Gasteiger partial charge < -0.3 is 10.6 Å². The first-order valence-electron chi connectivity index (χ1n) is 8.54. The molecule has 0 radical (unpaired) electrons. The van der Waals surface area contributed by atoms with Gasteiger partial charge in [-0.2, -0.15) is 0 Å². The highest BCUT2D eigenvalue weighted by atomic mass is 16.2. The van der Waals surface area contributed by atoms with Gasteiger partial charge in [-0.15, -0.1) is 0 Å². The maximum atomic E-state index is 12.9. The molecular weight excluding hydrogens is 304 g/mol. The van der Waals surface area contributed by atoms with Crippen LogP contribution < -0.4 is 5.73 Å². The lowest BCUT2D eigenvalue weighted by Gasteiger charge is -2.42. The molecule has 6 heteroatoms. The predicted octanol–water partition coefficient (Wildman–Crippen LogP) is 1.06. The molecule has 6 nitrogen and oxygen atoms in total. The van der Waals surface area contributed by atoms with Crippen molar-refractivity contribution in [3.05, 3.63) is 30.1 Å². The number of amides is 2. The Labute approximate surface area is 144 Å². The average molecular weight is 332 g/mol. The lowest BCUT2D eigenvalue weighted by atomic mass is 9.74. The van der Waals surface area contributed by atoms with Crippen LogP contribution in [0.5, 0.6) is 0 Å². The second kappa shape index (κ2) is 8.24. The van der Waals surface area contributed by atoms with E-state index in [2.05, 4.69) is 11.1 Å². The van der Waals surface area contributed by atoms with Crippen molar-refractivity contribution in [1.82, 2.24) is 14.8 Å². The molecule has 2 N–H and O–H groups in total. The van der Waals surface area contributed by atoms with Crippen molar-refractivity contribution in [2.24, 2.45) is 11.1 Å². The van der Waals surface area contributed by atoms with E-state index in [0.717, 1.165) is 38.6 Å². The Morgan fingerprint density at radius 3 is 2.83 bits per heavy atom. The van der Waals surface area contributed by atoms with Gasteiger partial charge in [-0.25, -0.2) is 0 Å². The highest BCUT2D eigenvalue weighted by Crippen LogP contribution is 2.36. The highest BCUT2D eigenvalue weighted by molar-refractivity contribution is 5.83. The van der Waals surface area contributed by atoms with Gasteiger partial charge in [-0.1, -0.05) is 6.07 Å². The molecule has 1 aromatic rings. The van der Waals surface area contributed by atoms with Crippen LogP contribution in [-0.2, 0) is 16.0 Å². The molecule has 1 aliphatic rings. The van der Waals surface area contributed by atoms with Gasteiger partial charge in [0.25, 0.3) is 0 Å². The van der Waals surface area contributed by atoms with Crippen molar-refractivity contribution >= 4 is 11.8 Å². The van der Waals surface area contributed by atoms with Gasteiger partial charge in [-0.3, -0.25) is 19.5 Å². The Balaban J connectivity index is 2.05. The molecule has 0 unspecified atom stereocenters. The number of hydrogen-bond acceptors (Lipinski definition) is 4. The standard InChI is InChI=1S/C18H28N4O2/c1-21(2)17(24)18(8-3-6-15-7-4-10-20-12-15)9-5-11-22(14-18)13-16(19)23/h4,7,10,12H,3,5-6,8-9,11,13-14H2,1-2H3,(H2,19,23)/t18-/m0/s1. The minimum Gasteiger partial charge on any atom is -0.369 e. The topological polar surface area (TPSA) is 79.5 Å². The lowest BCUT2D eigenvalue weighted by molar-refractivity contribution is -0.144. The Morgan fingerprint density at radius 1 is 1.42 bits per heavy atom. The monoisotopic (exact) mass is 332 g/mol. The van der Waals surface area contributed by atoms with Crippen LogP contribution in [0.2, 0.25) is 0 Å². The molecule has 2 amide bonds. The highest BCUT2D eigenvalue weighted by Gasteiger charge is 2.42. The van der Waals surface area contributed by atoms with Crippen molar-refractivity contribution in [2.45, 2.75) is 32.1 Å². The summed E-state index contributed by atoms with van der Waals surface area (Å²) in [7, 11) is 3.61. The van der Waals surface area contributed by atoms with Crippen LogP contribution in [0, 0.1) is 5.41 Å². The number of aromatic nitrogens is 1. The largest absolute Gasteiger partial charge is 0.369 e. The van der Waals surface area contributed by atoms with E-state index in [-0.39, 0.29) is 18.4 Å². The predicted molar refractivity (Wildman–Crippen MR) is 93.2 cm³/mol. The van der Waals surface area contributed by atoms with E-state index in [4.69, 9.17) is 5.73 Å². The van der Waals surface area contributed by atoms with Gasteiger partial charge in [0.05, 0.1) is 12.0 Å². The molecule has 0 bridgehead atoms. The molecule has 0 aliphatic carbocycles. The number of carbonyl (C=O) groups excluding carboxylic acids is 2. The number of aryl methyl sites for hydroxylation is 1. The normalized spacial score (nSPS) is 21.4. The summed E-state index contributed by atoms with van der Waals surface area (Å²) in [6.07, 6.45) is 8.08. The third kappa shape index (κ3) is 4.77. The molecule has 1 aliphatic heterocycles. The summed E-state index contributed by atoms with van der Waals surface area (Å²) in [5.41, 5.74) is 6.11. The Bertz CT molecular complexity index is 561. The minimum atomic E-state index is -0.417. The Hall–Kier alpha value is -1.95. The van der Waals surface area contributed by atoms with E-state index >= 15 is 0 Å². The summed E-state index contributed by atoms with van der Waals surface area (Å²) < 4.78 is 0. The molecule has 0 spiro atoms. The summed E-state index contributed by atoms with van der Waals surface area (Å²) in [6.45, 7) is 1.67. The molecule has 1 saturated heterocycles. The molecule has 0 saturated carbocycles. The molecule has 2 rings (SSSR count). The number of likely N-dealkylation sites (tertiary alicyclic amines) is 1. The molecule has 1 fully saturated rings. The minimum absolute atomic E-state index is 0.155. The number of rotatable bonds is 7. The van der Waals surface area contributed by atoms with Crippen LogP contribution in [-0.4, -0.2) is 60.3 Å². The lowest BCUT2D eigenvalue weighted by Crippen LogP contribution is -2.53. The molecule has 2 heterocycles. The number of nitrogens with two attached hydrogens (primary N) is 1. The van der Waals surface area contributed by atoms with E-state index in [0.29, 0.717) is 6.54 Å². The summed E-state index contributed by atoms with van der Waals surface area (Å²) in [5.74, 6) is -0.179. The molecule has 24 heavy (non-hydrogen) atoms. The third-order valence-corrected chi connectivity index (χ3v) is 4.74. The average Bonchev–Trinajstić information content (AvgIpc) is 2.54. The summed E-state index contributed by atoms with van der Waals surface area (Å²) in [5, 5.41) is 0. The van der Waals surface area contributed by atoms with Gasteiger partial charge in [-0.05, 0) is 50.3 Å². The van der Waals surface area contributed by atoms with E-state index < -0.39 is 5.41 Å². The van der Waals surface area contributed by atoms with E-state index in [1.54, 1.807) is 25.2 Å². The Kier molecular flexibility index (Phi) is 6.31. The molecule has 0 aromatic carbocycles. The van der Waals surface area contributed by atoms with Gasteiger partial charge in [0.1, 0.15) is 0 Å². The van der Waals surface area contributed by atoms with Crippen LogP contribution in [0.3, 0.4) is 0 Å². The Morgan fingerprint density at radius 2 is 2.21 bits per heavy atom. The van der Waals surface area contributed by atoms with Crippen LogP contribution in [0.15, 0.2) is 24.5 Å². The number of hydrogen-bond donors (Lipinski definition) is 1. The van der Waals surface area contributed by atoms with Crippen LogP contribution in [0.4, 0.5) is 0 Å². The molecule has 1 aromatic heterocycles. The van der Waals surface area contributed by atoms with E-state index in [1.165, 1.54) is 5.56 Å². The maximum absolute atomic E-state index is 12.9. The SMILES string of the molecule is CN(C)C(=O)[C@@]1(CCCc2cccnc2)CCCN(CC(N)=O)C1. The summed E-state index contributed by atoms with van der Waals surface area (Å²) in [6, 6.07) is 4.00. The van der Waals surface area contributed by atoms with Crippen molar-refractivity contribution in [3.63, 3.8) is 0 Å². The number of nitrogens with zero attached hydrogens (tertiary/aromatic N) is 3. The maximum Gasteiger partial charge on any atom is 0.231 e. The third-order valence-electron chi connectivity index (χ3n) is 4.74. The van der Waals surface area contributed by atoms with Gasteiger partial charge in [0, 0.05) is 33.0 Å². The first-order valence-corrected chi connectivity index (χ1v) is 8.54. The van der Waals surface area contributed by atoms with Gasteiger partial charge >= 0.3 is 0 Å². The fourth-order valence-electron chi connectivity index (χ4n) is 3.72. The molecule has 132 valence electrons. The van der Waals surface area contributed by atoms with Crippen molar-refractivity contribution in [3.8, 4) is 0 Å². The van der Waals surface area contributed by atoms with Crippen LogP contribution in [0.1, 0.15) is 31.2 Å². The van der Waals surface area contributed by atoms with E-state index in [9.17, 15) is 9.59 Å². The van der Waals surface area contributed by atoms with E-state index in [1.807, 2.05) is 17.2 Å². The number of pyridine rings is 1. The summed E-state index contributed by atoms with van der Waals surface area (Å²) >= 11 is 0. The fraction of sp³-hybridized carbons (Fsp3) is 0.611. The smallest absolute Gasteiger partial charge is 0.231 e. The van der Waals surface area contributed by atoms with Gasteiger partial charge in [0.15, 0.2) is 0 Å². The first kappa shape index (κ1) is 18.4. The van der Waals surface area contributed by atoms with Crippen molar-refractivity contribution < 1.29 is 9.59 Å². The van der Waals surface area contributed by atoms with Crippen LogP contribution in [0.25, 0.3) is 0 Å². The zero-order valence-corrected chi connectivity index (χ0v) is 14.7. The second-order valence-electron chi connectivity index (χ2n) is 6.98. The van der Waals surface area contributed by atoms with Crippen LogP contribution >= 0.6 is 0 Å². The molecule has 1 atom stereocenters. The van der Waals surface area contributed by atoms with Crippen molar-refractivity contribution in [2.75, 3.05) is 33.7 Å². The fourth-order valence-corrected chi connectivity index (χ4v) is 3.72. The molecular formula is C18H28N4O2. The zero-order valence-electron chi connectivity index (χ0n) is 14.7. The first-order chi connectivity index (χ1) is 11.4. The second-order valence-corrected chi connectivity index (χ2v) is 6.98.